The number of carbonyl (C=O) groups is 1. The summed E-state index contributed by atoms with van der Waals surface area (Å²) in [5, 5.41) is 5.52. The molecule has 1 saturated heterocycles. The Hall–Kier alpha value is -2.56. The van der Waals surface area contributed by atoms with Crippen molar-refractivity contribution >= 4 is 16.8 Å². The summed E-state index contributed by atoms with van der Waals surface area (Å²) in [5.41, 5.74) is 3.62. The van der Waals surface area contributed by atoms with Gasteiger partial charge in [0.25, 0.3) is 0 Å². The maximum Gasteiger partial charge on any atom is 0.223 e. The number of H-pyrrole nitrogens is 1. The molecule has 5 nitrogen and oxygen atoms in total. The second-order valence-electron chi connectivity index (χ2n) is 6.91. The second kappa shape index (κ2) is 6.75. The van der Waals surface area contributed by atoms with Crippen LogP contribution in [-0.4, -0.2) is 32.1 Å². The van der Waals surface area contributed by atoms with E-state index in [9.17, 15) is 4.79 Å². The molecule has 4 rings (SSSR count). The van der Waals surface area contributed by atoms with Crippen molar-refractivity contribution in [2.75, 3.05) is 6.54 Å². The van der Waals surface area contributed by atoms with Gasteiger partial charge in [0.2, 0.25) is 5.91 Å². The molecule has 1 aliphatic rings. The monoisotopic (exact) mass is 336 g/mol. The van der Waals surface area contributed by atoms with Crippen molar-refractivity contribution in [1.82, 2.24) is 19.7 Å². The molecule has 3 aromatic rings. The number of carbonyl (C=O) groups excluding carboxylic acids is 1. The van der Waals surface area contributed by atoms with Crippen molar-refractivity contribution in [3.63, 3.8) is 0 Å². The quantitative estimate of drug-likeness (QED) is 0.774. The summed E-state index contributed by atoms with van der Waals surface area (Å²) in [6, 6.07) is 8.54. The van der Waals surface area contributed by atoms with E-state index in [1.165, 1.54) is 16.5 Å². The number of aromatic amines is 1. The van der Waals surface area contributed by atoms with Crippen molar-refractivity contribution in [2.24, 2.45) is 7.05 Å². The van der Waals surface area contributed by atoms with Crippen LogP contribution in [0.5, 0.6) is 0 Å². The summed E-state index contributed by atoms with van der Waals surface area (Å²) < 4.78 is 1.81. The fourth-order valence-corrected chi connectivity index (χ4v) is 3.94. The molecule has 0 saturated carbocycles. The number of likely N-dealkylation sites (tertiary alicyclic amines) is 1. The minimum atomic E-state index is 0.203. The van der Waals surface area contributed by atoms with Crippen LogP contribution in [0.4, 0.5) is 0 Å². The highest BCUT2D eigenvalue weighted by Crippen LogP contribution is 2.32. The Labute approximate surface area is 147 Å². The predicted molar refractivity (Wildman–Crippen MR) is 98.1 cm³/mol. The third kappa shape index (κ3) is 3.18. The molecule has 0 aliphatic carbocycles. The first-order valence-electron chi connectivity index (χ1n) is 9.05. The molecule has 1 aromatic carbocycles. The van der Waals surface area contributed by atoms with Gasteiger partial charge in [0.15, 0.2) is 0 Å². The van der Waals surface area contributed by atoms with Crippen LogP contribution in [0.25, 0.3) is 10.9 Å². The first-order chi connectivity index (χ1) is 12.2. The first kappa shape index (κ1) is 15.9. The van der Waals surface area contributed by atoms with Gasteiger partial charge in [-0.15, -0.1) is 0 Å². The van der Waals surface area contributed by atoms with Gasteiger partial charge in [0, 0.05) is 48.9 Å². The number of para-hydroxylation sites is 1. The molecule has 0 unspecified atom stereocenters. The van der Waals surface area contributed by atoms with Crippen LogP contribution < -0.4 is 0 Å². The minimum absolute atomic E-state index is 0.203. The summed E-state index contributed by atoms with van der Waals surface area (Å²) in [4.78, 5) is 18.1. The number of nitrogens with zero attached hydrogens (tertiary/aromatic N) is 3. The van der Waals surface area contributed by atoms with E-state index in [0.29, 0.717) is 6.42 Å². The third-order valence-corrected chi connectivity index (χ3v) is 5.19. The molecule has 1 fully saturated rings. The van der Waals surface area contributed by atoms with Crippen molar-refractivity contribution in [2.45, 2.75) is 38.1 Å². The molecule has 1 amide bonds. The average molecular weight is 336 g/mol. The molecule has 25 heavy (non-hydrogen) atoms. The highest BCUT2D eigenvalue weighted by Gasteiger charge is 2.30. The maximum absolute atomic E-state index is 12.7. The van der Waals surface area contributed by atoms with Gasteiger partial charge in [-0.3, -0.25) is 9.48 Å². The highest BCUT2D eigenvalue weighted by atomic mass is 16.2. The molecule has 5 heteroatoms. The van der Waals surface area contributed by atoms with Gasteiger partial charge in [-0.05, 0) is 37.3 Å². The van der Waals surface area contributed by atoms with Crippen LogP contribution in [0.2, 0.25) is 0 Å². The number of aryl methyl sites for hydroxylation is 2. The van der Waals surface area contributed by atoms with E-state index in [1.807, 2.05) is 35.1 Å². The summed E-state index contributed by atoms with van der Waals surface area (Å²) in [6.07, 6.45) is 10.5. The van der Waals surface area contributed by atoms with Gasteiger partial charge in [0.05, 0.1) is 12.2 Å². The number of fused-ring (bicyclic) bond motifs is 1. The van der Waals surface area contributed by atoms with E-state index in [1.54, 1.807) is 0 Å². The SMILES string of the molecule is Cn1cc([C@H]2CCCN2C(=O)CCCc2c[nH]c3ccccc23)cn1. The molecular weight excluding hydrogens is 312 g/mol. The number of rotatable bonds is 5. The molecule has 0 bridgehead atoms. The summed E-state index contributed by atoms with van der Waals surface area (Å²) in [7, 11) is 1.92. The molecule has 0 radical (unpaired) electrons. The average Bonchev–Trinajstić information content (AvgIpc) is 3.34. The van der Waals surface area contributed by atoms with Gasteiger partial charge in [-0.25, -0.2) is 0 Å². The summed E-state index contributed by atoms with van der Waals surface area (Å²) in [5.74, 6) is 0.270. The number of hydrogen-bond acceptors (Lipinski definition) is 2. The Morgan fingerprint density at radius 2 is 2.24 bits per heavy atom. The van der Waals surface area contributed by atoms with E-state index in [0.717, 1.165) is 37.8 Å². The molecule has 1 atom stereocenters. The summed E-state index contributed by atoms with van der Waals surface area (Å²) in [6.45, 7) is 0.867. The topological polar surface area (TPSA) is 53.9 Å². The van der Waals surface area contributed by atoms with Crippen LogP contribution in [0.3, 0.4) is 0 Å². The summed E-state index contributed by atoms with van der Waals surface area (Å²) >= 11 is 0. The number of aromatic nitrogens is 3. The van der Waals surface area contributed by atoms with Crippen molar-refractivity contribution < 1.29 is 4.79 Å². The Morgan fingerprint density at radius 1 is 1.36 bits per heavy atom. The highest BCUT2D eigenvalue weighted by molar-refractivity contribution is 5.83. The van der Waals surface area contributed by atoms with Crippen LogP contribution in [0.15, 0.2) is 42.9 Å². The predicted octanol–water partition coefficient (Wildman–Crippen LogP) is 3.59. The van der Waals surface area contributed by atoms with E-state index in [-0.39, 0.29) is 11.9 Å². The molecule has 1 N–H and O–H groups in total. The molecule has 0 spiro atoms. The Bertz CT molecular complexity index is 879. The van der Waals surface area contributed by atoms with Gasteiger partial charge < -0.3 is 9.88 Å². The molecular formula is C20H24N4O. The zero-order chi connectivity index (χ0) is 17.2. The second-order valence-corrected chi connectivity index (χ2v) is 6.91. The molecule has 2 aromatic heterocycles. The lowest BCUT2D eigenvalue weighted by atomic mass is 10.1. The number of nitrogens with one attached hydrogen (secondary N) is 1. The van der Waals surface area contributed by atoms with Crippen LogP contribution in [0, 0.1) is 0 Å². The number of amides is 1. The minimum Gasteiger partial charge on any atom is -0.361 e. The zero-order valence-corrected chi connectivity index (χ0v) is 14.6. The zero-order valence-electron chi connectivity index (χ0n) is 14.6. The van der Waals surface area contributed by atoms with Crippen molar-refractivity contribution in [3.05, 3.63) is 54.0 Å². The van der Waals surface area contributed by atoms with Crippen LogP contribution in [0.1, 0.15) is 42.9 Å². The fraction of sp³-hybridized carbons (Fsp3) is 0.400. The molecule has 3 heterocycles. The first-order valence-corrected chi connectivity index (χ1v) is 9.05. The lowest BCUT2D eigenvalue weighted by molar-refractivity contribution is -0.132. The van der Waals surface area contributed by atoms with E-state index in [4.69, 9.17) is 0 Å². The van der Waals surface area contributed by atoms with Crippen molar-refractivity contribution in [3.8, 4) is 0 Å². The van der Waals surface area contributed by atoms with Gasteiger partial charge >= 0.3 is 0 Å². The van der Waals surface area contributed by atoms with Gasteiger partial charge in [0.1, 0.15) is 0 Å². The smallest absolute Gasteiger partial charge is 0.223 e. The maximum atomic E-state index is 12.7. The standard InChI is InChI=1S/C20H24N4O/c1-23-14-16(13-22-23)19-9-5-11-24(19)20(25)10-4-6-15-12-21-18-8-3-2-7-17(15)18/h2-3,7-8,12-14,19,21H,4-6,9-11H2,1H3/t19-/m1/s1. The lowest BCUT2D eigenvalue weighted by Crippen LogP contribution is -2.30. The largest absolute Gasteiger partial charge is 0.361 e. The number of hydrogen-bond donors (Lipinski definition) is 1. The van der Waals surface area contributed by atoms with Crippen LogP contribution >= 0.6 is 0 Å². The third-order valence-electron chi connectivity index (χ3n) is 5.19. The van der Waals surface area contributed by atoms with Crippen LogP contribution in [-0.2, 0) is 18.3 Å². The Balaban J connectivity index is 1.37. The number of benzene rings is 1. The normalized spacial score (nSPS) is 17.5. The van der Waals surface area contributed by atoms with Crippen molar-refractivity contribution in [1.29, 1.82) is 0 Å². The fourth-order valence-electron chi connectivity index (χ4n) is 3.94. The van der Waals surface area contributed by atoms with E-state index < -0.39 is 0 Å². The Kier molecular flexibility index (Phi) is 4.30. The molecule has 1 aliphatic heterocycles. The molecule has 130 valence electrons. The Morgan fingerprint density at radius 3 is 3.08 bits per heavy atom. The van der Waals surface area contributed by atoms with E-state index >= 15 is 0 Å². The lowest BCUT2D eigenvalue weighted by Gasteiger charge is -2.24. The van der Waals surface area contributed by atoms with Gasteiger partial charge in [-0.1, -0.05) is 18.2 Å². The van der Waals surface area contributed by atoms with Gasteiger partial charge in [-0.2, -0.15) is 5.10 Å². The van der Waals surface area contributed by atoms with E-state index in [2.05, 4.69) is 34.5 Å².